The van der Waals surface area contributed by atoms with E-state index < -0.39 is 5.60 Å². The minimum absolute atomic E-state index is 0.112. The Labute approximate surface area is 115 Å². The molecular formula is C16H12O4. The fourth-order valence-corrected chi connectivity index (χ4v) is 3.17. The van der Waals surface area contributed by atoms with Gasteiger partial charge in [0.1, 0.15) is 23.7 Å². The Morgan fingerprint density at radius 3 is 2.95 bits per heavy atom. The standard InChI is InChI=1S/C16H12O4/c17-10-1-3-12-9(5-10)7-16(19)8-20-14-6-11(18)2-4-13(14)15(12)16/h1-6,17,19H,7-8H2. The minimum atomic E-state index is -1.09. The van der Waals surface area contributed by atoms with Gasteiger partial charge in [0, 0.05) is 23.6 Å². The molecule has 0 bridgehead atoms. The highest BCUT2D eigenvalue weighted by molar-refractivity contribution is 6.04. The lowest BCUT2D eigenvalue weighted by molar-refractivity contribution is -0.110. The molecule has 0 aromatic heterocycles. The Kier molecular flexibility index (Phi) is 2.07. The number of carbonyl (C=O) groups is 1. The van der Waals surface area contributed by atoms with Crippen LogP contribution >= 0.6 is 0 Å². The van der Waals surface area contributed by atoms with Crippen molar-refractivity contribution in [2.75, 3.05) is 6.61 Å². The molecule has 4 rings (SSSR count). The Hall–Kier alpha value is -2.33. The van der Waals surface area contributed by atoms with E-state index in [-0.39, 0.29) is 18.1 Å². The highest BCUT2D eigenvalue weighted by atomic mass is 16.5. The number of allylic oxidation sites excluding steroid dienone is 3. The summed E-state index contributed by atoms with van der Waals surface area (Å²) in [7, 11) is 0. The van der Waals surface area contributed by atoms with E-state index in [0.29, 0.717) is 12.2 Å². The van der Waals surface area contributed by atoms with Crippen molar-refractivity contribution in [3.8, 4) is 5.75 Å². The maximum absolute atomic E-state index is 11.4. The summed E-state index contributed by atoms with van der Waals surface area (Å²) in [5.74, 6) is 0.583. The average molecular weight is 268 g/mol. The third kappa shape index (κ3) is 1.42. The molecule has 1 atom stereocenters. The molecule has 4 heteroatoms. The maximum Gasteiger partial charge on any atom is 0.182 e. The number of ketones is 1. The van der Waals surface area contributed by atoms with E-state index in [1.807, 2.05) is 0 Å². The zero-order valence-corrected chi connectivity index (χ0v) is 10.6. The number of ether oxygens (including phenoxy) is 1. The number of rotatable bonds is 0. The molecule has 100 valence electrons. The van der Waals surface area contributed by atoms with Crippen LogP contribution in [-0.4, -0.2) is 28.2 Å². The summed E-state index contributed by atoms with van der Waals surface area (Å²) in [6, 6.07) is 5.08. The zero-order valence-electron chi connectivity index (χ0n) is 10.6. The van der Waals surface area contributed by atoms with Gasteiger partial charge in [-0.25, -0.2) is 0 Å². The molecular weight excluding hydrogens is 256 g/mol. The highest BCUT2D eigenvalue weighted by Crippen LogP contribution is 2.48. The van der Waals surface area contributed by atoms with Crippen LogP contribution in [0, 0.1) is 0 Å². The topological polar surface area (TPSA) is 66.8 Å². The van der Waals surface area contributed by atoms with Gasteiger partial charge in [-0.15, -0.1) is 0 Å². The van der Waals surface area contributed by atoms with E-state index in [1.165, 1.54) is 12.2 Å². The lowest BCUT2D eigenvalue weighted by Gasteiger charge is -2.33. The number of aliphatic hydroxyl groups is 1. The first-order chi connectivity index (χ1) is 9.57. The van der Waals surface area contributed by atoms with Gasteiger partial charge in [-0.3, -0.25) is 4.79 Å². The quantitative estimate of drug-likeness (QED) is 0.748. The average Bonchev–Trinajstić information content (AvgIpc) is 2.70. The Balaban J connectivity index is 2.00. The van der Waals surface area contributed by atoms with Gasteiger partial charge in [0.15, 0.2) is 5.78 Å². The summed E-state index contributed by atoms with van der Waals surface area (Å²) >= 11 is 0. The van der Waals surface area contributed by atoms with Crippen molar-refractivity contribution in [2.45, 2.75) is 12.0 Å². The predicted octanol–water partition coefficient (Wildman–Crippen LogP) is 1.49. The Bertz CT molecular complexity index is 739. The van der Waals surface area contributed by atoms with Crippen LogP contribution in [0.4, 0.5) is 0 Å². The number of benzene rings is 1. The normalized spacial score (nSPS) is 26.6. The number of hydrogen-bond acceptors (Lipinski definition) is 4. The molecule has 0 amide bonds. The molecule has 0 spiro atoms. The summed E-state index contributed by atoms with van der Waals surface area (Å²) in [6.45, 7) is 0.119. The Morgan fingerprint density at radius 1 is 1.25 bits per heavy atom. The van der Waals surface area contributed by atoms with Crippen LogP contribution in [0.25, 0.3) is 5.57 Å². The summed E-state index contributed by atoms with van der Waals surface area (Å²) in [5, 5.41) is 20.4. The molecule has 1 aromatic rings. The van der Waals surface area contributed by atoms with Crippen molar-refractivity contribution in [1.82, 2.24) is 0 Å². The van der Waals surface area contributed by atoms with Gasteiger partial charge in [0.2, 0.25) is 0 Å². The number of phenols is 1. The molecule has 2 aliphatic carbocycles. The molecule has 0 fully saturated rings. The second-order valence-electron chi connectivity index (χ2n) is 5.37. The monoisotopic (exact) mass is 268 g/mol. The van der Waals surface area contributed by atoms with Crippen LogP contribution in [-0.2, 0) is 16.0 Å². The first kappa shape index (κ1) is 11.5. The zero-order chi connectivity index (χ0) is 13.9. The second kappa shape index (κ2) is 3.61. The van der Waals surface area contributed by atoms with E-state index in [0.717, 1.165) is 22.3 Å². The fraction of sp³-hybridized carbons (Fsp3) is 0.188. The molecule has 2 N–H and O–H groups in total. The van der Waals surface area contributed by atoms with Gasteiger partial charge in [-0.1, -0.05) is 6.07 Å². The highest BCUT2D eigenvalue weighted by Gasteiger charge is 2.46. The van der Waals surface area contributed by atoms with Crippen molar-refractivity contribution < 1.29 is 19.7 Å². The molecule has 20 heavy (non-hydrogen) atoms. The summed E-state index contributed by atoms with van der Waals surface area (Å²) in [6.07, 6.45) is 5.02. The molecule has 0 saturated carbocycles. The minimum Gasteiger partial charge on any atom is -0.508 e. The van der Waals surface area contributed by atoms with Crippen LogP contribution < -0.4 is 0 Å². The molecule has 0 saturated heterocycles. The molecule has 1 unspecified atom stereocenters. The SMILES string of the molecule is O=C1C=CC2=C3c4ccc(O)cc4CC3(O)COC2=C1. The van der Waals surface area contributed by atoms with Crippen LogP contribution in [0.2, 0.25) is 0 Å². The first-order valence-electron chi connectivity index (χ1n) is 6.43. The van der Waals surface area contributed by atoms with Crippen molar-refractivity contribution in [3.63, 3.8) is 0 Å². The van der Waals surface area contributed by atoms with Gasteiger partial charge in [0.25, 0.3) is 0 Å². The molecule has 1 aromatic carbocycles. The van der Waals surface area contributed by atoms with Crippen molar-refractivity contribution in [2.24, 2.45) is 0 Å². The molecule has 0 radical (unpaired) electrons. The maximum atomic E-state index is 11.4. The molecule has 3 aliphatic rings. The van der Waals surface area contributed by atoms with Crippen molar-refractivity contribution in [1.29, 1.82) is 0 Å². The molecule has 1 aliphatic heterocycles. The number of fused-ring (bicyclic) bond motifs is 4. The Morgan fingerprint density at radius 2 is 2.10 bits per heavy atom. The van der Waals surface area contributed by atoms with Gasteiger partial charge >= 0.3 is 0 Å². The van der Waals surface area contributed by atoms with E-state index in [9.17, 15) is 15.0 Å². The summed E-state index contributed by atoms with van der Waals surface area (Å²) in [4.78, 5) is 11.4. The van der Waals surface area contributed by atoms with Gasteiger partial charge in [-0.05, 0) is 35.4 Å². The molecule has 4 nitrogen and oxygen atoms in total. The third-order valence-corrected chi connectivity index (χ3v) is 4.00. The number of hydrogen-bond donors (Lipinski definition) is 2. The third-order valence-electron chi connectivity index (χ3n) is 4.00. The predicted molar refractivity (Wildman–Crippen MR) is 71.9 cm³/mol. The van der Waals surface area contributed by atoms with Crippen molar-refractivity contribution >= 4 is 11.4 Å². The summed E-state index contributed by atoms with van der Waals surface area (Å²) in [5.41, 5.74) is 2.25. The molecule has 1 heterocycles. The van der Waals surface area contributed by atoms with Gasteiger partial charge in [0.05, 0.1) is 0 Å². The van der Waals surface area contributed by atoms with Gasteiger partial charge in [-0.2, -0.15) is 0 Å². The van der Waals surface area contributed by atoms with Crippen LogP contribution in [0.15, 0.2) is 47.8 Å². The van der Waals surface area contributed by atoms with E-state index >= 15 is 0 Å². The van der Waals surface area contributed by atoms with E-state index in [2.05, 4.69) is 0 Å². The first-order valence-corrected chi connectivity index (χ1v) is 6.43. The van der Waals surface area contributed by atoms with Crippen LogP contribution in [0.1, 0.15) is 11.1 Å². The smallest absolute Gasteiger partial charge is 0.182 e. The van der Waals surface area contributed by atoms with Crippen LogP contribution in [0.5, 0.6) is 5.75 Å². The lowest BCUT2D eigenvalue weighted by Crippen LogP contribution is -2.38. The second-order valence-corrected chi connectivity index (χ2v) is 5.37. The lowest BCUT2D eigenvalue weighted by atomic mass is 9.86. The number of aromatic hydroxyl groups is 1. The van der Waals surface area contributed by atoms with Gasteiger partial charge < -0.3 is 14.9 Å². The number of phenolic OH excluding ortho intramolecular Hbond substituents is 1. The largest absolute Gasteiger partial charge is 0.508 e. The summed E-state index contributed by atoms with van der Waals surface area (Å²) < 4.78 is 5.55. The van der Waals surface area contributed by atoms with E-state index in [4.69, 9.17) is 4.74 Å². The fourth-order valence-electron chi connectivity index (χ4n) is 3.17. The van der Waals surface area contributed by atoms with Crippen molar-refractivity contribution in [3.05, 3.63) is 58.9 Å². The number of carbonyl (C=O) groups excluding carboxylic acids is 1. The van der Waals surface area contributed by atoms with E-state index in [1.54, 1.807) is 24.3 Å². The van der Waals surface area contributed by atoms with Crippen LogP contribution in [0.3, 0.4) is 0 Å².